The van der Waals surface area contributed by atoms with Crippen molar-refractivity contribution in [3.8, 4) is 0 Å². The van der Waals surface area contributed by atoms with E-state index in [4.69, 9.17) is 21.7 Å². The highest BCUT2D eigenvalue weighted by Gasteiger charge is 1.92. The Morgan fingerprint density at radius 1 is 1.56 bits per heavy atom. The predicted octanol–water partition coefficient (Wildman–Crippen LogP) is 1.30. The molecule has 0 heterocycles. The van der Waals surface area contributed by atoms with E-state index >= 15 is 0 Å². The van der Waals surface area contributed by atoms with Crippen molar-refractivity contribution in [2.75, 3.05) is 26.6 Å². The van der Waals surface area contributed by atoms with Crippen molar-refractivity contribution in [2.45, 2.75) is 0 Å². The molecule has 9 heavy (non-hydrogen) atoms. The highest BCUT2D eigenvalue weighted by molar-refractivity contribution is 8.22. The first-order valence-electron chi connectivity index (χ1n) is 2.51. The Balaban J connectivity index is 2.97. The molecular formula is C5H10O2S2. The Morgan fingerprint density at radius 2 is 2.22 bits per heavy atom. The molecule has 0 fully saturated rings. The highest BCUT2D eigenvalue weighted by atomic mass is 32.2. The molecule has 0 saturated heterocycles. The van der Waals surface area contributed by atoms with Crippen LogP contribution in [-0.4, -0.2) is 31.0 Å². The zero-order chi connectivity index (χ0) is 7.11. The molecule has 0 aliphatic heterocycles. The lowest BCUT2D eigenvalue weighted by molar-refractivity contribution is 0.219. The van der Waals surface area contributed by atoms with Gasteiger partial charge in [0, 0.05) is 12.9 Å². The maximum absolute atomic E-state index is 4.80. The molecule has 4 heteroatoms. The van der Waals surface area contributed by atoms with E-state index in [0.717, 1.165) is 5.75 Å². The SMILES string of the molecule is COCCSC(=S)OC. The third-order valence-corrected chi connectivity index (χ3v) is 1.97. The first kappa shape index (κ1) is 9.20. The number of thiocarbonyl (C=S) groups is 1. The van der Waals surface area contributed by atoms with Crippen molar-refractivity contribution in [3.63, 3.8) is 0 Å². The van der Waals surface area contributed by atoms with E-state index in [0.29, 0.717) is 11.0 Å². The molecule has 0 radical (unpaired) electrons. The van der Waals surface area contributed by atoms with Crippen LogP contribution in [0.4, 0.5) is 0 Å². The molecule has 0 aliphatic rings. The molecule has 0 aromatic rings. The first-order valence-corrected chi connectivity index (χ1v) is 3.90. The Bertz CT molecular complexity index is 85.0. The third-order valence-electron chi connectivity index (χ3n) is 0.674. The van der Waals surface area contributed by atoms with Gasteiger partial charge in [-0.25, -0.2) is 0 Å². The normalized spacial score (nSPS) is 9.11. The first-order chi connectivity index (χ1) is 4.31. The van der Waals surface area contributed by atoms with Crippen molar-refractivity contribution >= 4 is 28.4 Å². The van der Waals surface area contributed by atoms with Crippen LogP contribution in [0, 0.1) is 0 Å². The lowest BCUT2D eigenvalue weighted by Gasteiger charge is -1.99. The summed E-state index contributed by atoms with van der Waals surface area (Å²) in [4.78, 5) is 0. The van der Waals surface area contributed by atoms with Gasteiger partial charge in [-0.1, -0.05) is 11.8 Å². The smallest absolute Gasteiger partial charge is 0.219 e. The van der Waals surface area contributed by atoms with Crippen LogP contribution in [0.3, 0.4) is 0 Å². The Hall–Kier alpha value is 0.200. The molecule has 0 spiro atoms. The number of methoxy groups -OCH3 is 2. The van der Waals surface area contributed by atoms with Gasteiger partial charge in [-0.05, 0) is 12.2 Å². The van der Waals surface area contributed by atoms with Gasteiger partial charge < -0.3 is 9.47 Å². The van der Waals surface area contributed by atoms with Crippen molar-refractivity contribution in [2.24, 2.45) is 0 Å². The second-order valence-corrected chi connectivity index (χ2v) is 2.99. The fourth-order valence-corrected chi connectivity index (χ4v) is 1.05. The minimum absolute atomic E-state index is 0.576. The maximum Gasteiger partial charge on any atom is 0.219 e. The van der Waals surface area contributed by atoms with Crippen LogP contribution >= 0.6 is 24.0 Å². The van der Waals surface area contributed by atoms with Gasteiger partial charge in [0.15, 0.2) is 0 Å². The van der Waals surface area contributed by atoms with Gasteiger partial charge in [-0.3, -0.25) is 0 Å². The fraction of sp³-hybridized carbons (Fsp3) is 0.800. The average Bonchev–Trinajstić information content (AvgIpc) is 1.89. The van der Waals surface area contributed by atoms with Gasteiger partial charge in [0.2, 0.25) is 4.38 Å². The summed E-state index contributed by atoms with van der Waals surface area (Å²) in [5.74, 6) is 0.864. The van der Waals surface area contributed by atoms with E-state index < -0.39 is 0 Å². The zero-order valence-corrected chi connectivity index (χ0v) is 7.18. The Morgan fingerprint density at radius 3 is 2.67 bits per heavy atom. The molecule has 0 unspecified atom stereocenters. The summed E-state index contributed by atoms with van der Waals surface area (Å²) in [7, 11) is 3.23. The molecule has 0 bridgehead atoms. The minimum atomic E-state index is 0.576. The standard InChI is InChI=1S/C5H10O2S2/c1-6-3-4-9-5(8)7-2/h3-4H2,1-2H3. The summed E-state index contributed by atoms with van der Waals surface area (Å²) < 4.78 is 10.1. The average molecular weight is 166 g/mol. The molecule has 2 nitrogen and oxygen atoms in total. The number of hydrogen-bond acceptors (Lipinski definition) is 4. The van der Waals surface area contributed by atoms with Gasteiger partial charge in [0.05, 0.1) is 13.7 Å². The number of hydrogen-bond donors (Lipinski definition) is 0. The lowest BCUT2D eigenvalue weighted by Crippen LogP contribution is -1.97. The van der Waals surface area contributed by atoms with Crippen molar-refractivity contribution in [3.05, 3.63) is 0 Å². The van der Waals surface area contributed by atoms with Crippen LogP contribution in [0.15, 0.2) is 0 Å². The molecule has 0 N–H and O–H groups in total. The zero-order valence-electron chi connectivity index (χ0n) is 5.55. The van der Waals surface area contributed by atoms with Crippen LogP contribution < -0.4 is 0 Å². The summed E-state index contributed by atoms with van der Waals surface area (Å²) in [5.41, 5.74) is 0. The largest absolute Gasteiger partial charge is 0.482 e. The summed E-state index contributed by atoms with van der Waals surface area (Å²) in [6.07, 6.45) is 0. The summed E-state index contributed by atoms with van der Waals surface area (Å²) in [6, 6.07) is 0. The summed E-state index contributed by atoms with van der Waals surface area (Å²) >= 11 is 6.24. The van der Waals surface area contributed by atoms with Crippen molar-refractivity contribution in [1.82, 2.24) is 0 Å². The van der Waals surface area contributed by atoms with Gasteiger partial charge in [0.25, 0.3) is 0 Å². The topological polar surface area (TPSA) is 18.5 Å². The second kappa shape index (κ2) is 6.32. The molecule has 0 rings (SSSR count). The van der Waals surface area contributed by atoms with Gasteiger partial charge in [-0.15, -0.1) is 0 Å². The van der Waals surface area contributed by atoms with E-state index in [9.17, 15) is 0 Å². The quantitative estimate of drug-likeness (QED) is 0.464. The van der Waals surface area contributed by atoms with Crippen molar-refractivity contribution in [1.29, 1.82) is 0 Å². The molecule has 0 aromatic heterocycles. The Kier molecular flexibility index (Phi) is 6.46. The molecular weight excluding hydrogens is 156 g/mol. The monoisotopic (exact) mass is 166 g/mol. The number of rotatable bonds is 3. The number of ether oxygens (including phenoxy) is 2. The van der Waals surface area contributed by atoms with Crippen LogP contribution in [0.2, 0.25) is 0 Å². The van der Waals surface area contributed by atoms with Crippen LogP contribution in [0.5, 0.6) is 0 Å². The molecule has 0 atom stereocenters. The number of thioether (sulfide) groups is 1. The lowest BCUT2D eigenvalue weighted by atomic mass is 10.9. The summed E-state index contributed by atoms with van der Waals surface area (Å²) in [5, 5.41) is 0. The molecule has 0 saturated carbocycles. The van der Waals surface area contributed by atoms with E-state index in [1.165, 1.54) is 11.8 Å². The van der Waals surface area contributed by atoms with Gasteiger partial charge in [-0.2, -0.15) is 0 Å². The second-order valence-electron chi connectivity index (χ2n) is 1.30. The molecule has 0 aliphatic carbocycles. The van der Waals surface area contributed by atoms with Crippen LogP contribution in [0.1, 0.15) is 0 Å². The van der Waals surface area contributed by atoms with E-state index in [1.54, 1.807) is 14.2 Å². The minimum Gasteiger partial charge on any atom is -0.482 e. The highest BCUT2D eigenvalue weighted by Crippen LogP contribution is 2.03. The van der Waals surface area contributed by atoms with Gasteiger partial charge in [0.1, 0.15) is 0 Å². The maximum atomic E-state index is 4.80. The fourth-order valence-electron chi connectivity index (χ4n) is 0.267. The van der Waals surface area contributed by atoms with E-state index in [2.05, 4.69) is 0 Å². The third kappa shape index (κ3) is 6.08. The van der Waals surface area contributed by atoms with Crippen LogP contribution in [-0.2, 0) is 9.47 Å². The summed E-state index contributed by atoms with van der Waals surface area (Å²) in [6.45, 7) is 0.716. The van der Waals surface area contributed by atoms with E-state index in [-0.39, 0.29) is 0 Å². The Labute approximate surface area is 64.9 Å². The van der Waals surface area contributed by atoms with E-state index in [1.807, 2.05) is 0 Å². The molecule has 0 amide bonds. The van der Waals surface area contributed by atoms with Gasteiger partial charge >= 0.3 is 0 Å². The molecule has 0 aromatic carbocycles. The predicted molar refractivity (Wildman–Crippen MR) is 43.9 cm³/mol. The van der Waals surface area contributed by atoms with Crippen molar-refractivity contribution < 1.29 is 9.47 Å². The molecule has 54 valence electrons. The van der Waals surface area contributed by atoms with Crippen LogP contribution in [0.25, 0.3) is 0 Å².